The number of carboxylic acid groups (broad SMARTS) is 2. The lowest BCUT2D eigenvalue weighted by molar-refractivity contribution is -0.144. The molecule has 4 unspecified atom stereocenters. The molecule has 1 heterocycles. The van der Waals surface area contributed by atoms with Crippen molar-refractivity contribution in [2.45, 2.75) is 62.7 Å². The number of aliphatic hydroxyl groups excluding tert-OH is 1. The van der Waals surface area contributed by atoms with Crippen molar-refractivity contribution in [3.05, 3.63) is 36.0 Å². The van der Waals surface area contributed by atoms with Gasteiger partial charge in [-0.05, 0) is 50.3 Å². The van der Waals surface area contributed by atoms with Crippen LogP contribution in [-0.2, 0) is 30.4 Å². The zero-order valence-corrected chi connectivity index (χ0v) is 21.4. The van der Waals surface area contributed by atoms with Crippen LogP contribution >= 0.6 is 0 Å². The molecule has 0 spiro atoms. The average molecular weight is 549 g/mol. The Morgan fingerprint density at radius 3 is 2.10 bits per heavy atom. The number of carboxylic acids is 2. The minimum Gasteiger partial charge on any atom is -0.481 e. The number of hydrogen-bond donors (Lipinski definition) is 9. The van der Waals surface area contributed by atoms with Crippen molar-refractivity contribution in [3.8, 4) is 0 Å². The number of carbonyl (C=O) groups excluding carboxylic acids is 3. The molecule has 0 bridgehead atoms. The minimum absolute atomic E-state index is 0.163. The van der Waals surface area contributed by atoms with Gasteiger partial charge in [0.25, 0.3) is 0 Å². The van der Waals surface area contributed by atoms with Gasteiger partial charge in [-0.3, -0.25) is 19.2 Å². The molecule has 0 fully saturated rings. The van der Waals surface area contributed by atoms with Gasteiger partial charge in [-0.25, -0.2) is 4.79 Å². The van der Waals surface area contributed by atoms with E-state index in [-0.39, 0.29) is 19.3 Å². The fourth-order valence-corrected chi connectivity index (χ4v) is 3.94. The predicted octanol–water partition coefficient (Wildman–Crippen LogP) is -1.44. The van der Waals surface area contributed by atoms with E-state index in [9.17, 15) is 29.1 Å². The number of nitrogens with one attached hydrogen (secondary N) is 4. The maximum atomic E-state index is 13.1. The van der Waals surface area contributed by atoms with Crippen molar-refractivity contribution in [1.29, 1.82) is 0 Å². The van der Waals surface area contributed by atoms with Crippen molar-refractivity contribution < 1.29 is 39.3 Å². The van der Waals surface area contributed by atoms with Gasteiger partial charge in [0.1, 0.15) is 18.1 Å². The molecule has 2 rings (SSSR count). The van der Waals surface area contributed by atoms with Crippen LogP contribution in [0.1, 0.15) is 37.7 Å². The molecule has 0 aliphatic carbocycles. The number of fused-ring (bicyclic) bond motifs is 1. The first-order chi connectivity index (χ1) is 18.6. The monoisotopic (exact) mass is 548 g/mol. The third kappa shape index (κ3) is 9.67. The normalized spacial score (nSPS) is 14.1. The van der Waals surface area contributed by atoms with Gasteiger partial charge >= 0.3 is 11.9 Å². The summed E-state index contributed by atoms with van der Waals surface area (Å²) in [4.78, 5) is 64.1. The summed E-state index contributed by atoms with van der Waals surface area (Å²) < 4.78 is 0. The van der Waals surface area contributed by atoms with Gasteiger partial charge in [0, 0.05) is 23.5 Å². The number of aliphatic hydroxyl groups is 1. The summed E-state index contributed by atoms with van der Waals surface area (Å²) in [6.07, 6.45) is 2.27. The van der Waals surface area contributed by atoms with Crippen LogP contribution in [0.2, 0.25) is 0 Å². The molecule has 39 heavy (non-hydrogen) atoms. The lowest BCUT2D eigenvalue weighted by Gasteiger charge is -2.25. The number of nitrogens with two attached hydrogens (primary N) is 2. The second-order valence-corrected chi connectivity index (χ2v) is 9.09. The highest BCUT2D eigenvalue weighted by molar-refractivity contribution is 5.94. The molecule has 14 nitrogen and oxygen atoms in total. The highest BCUT2D eigenvalue weighted by atomic mass is 16.4. The molecule has 2 aromatic rings. The lowest BCUT2D eigenvalue weighted by Crippen LogP contribution is -2.57. The van der Waals surface area contributed by atoms with E-state index < -0.39 is 66.9 Å². The van der Waals surface area contributed by atoms with Gasteiger partial charge in [-0.2, -0.15) is 0 Å². The summed E-state index contributed by atoms with van der Waals surface area (Å²) in [7, 11) is 0. The zero-order chi connectivity index (χ0) is 28.9. The minimum atomic E-state index is -1.65. The summed E-state index contributed by atoms with van der Waals surface area (Å²) in [5, 5.41) is 35.3. The van der Waals surface area contributed by atoms with Crippen molar-refractivity contribution in [1.82, 2.24) is 20.9 Å². The smallest absolute Gasteiger partial charge is 0.328 e. The van der Waals surface area contributed by atoms with Gasteiger partial charge in [-0.1, -0.05) is 18.2 Å². The Bertz CT molecular complexity index is 1150. The Morgan fingerprint density at radius 2 is 1.49 bits per heavy atom. The molecular formula is C25H36N6O8. The second-order valence-electron chi connectivity index (χ2n) is 9.09. The lowest BCUT2D eigenvalue weighted by atomic mass is 10.0. The standard InChI is InChI=1S/C25H36N6O8/c26-10-4-3-7-18(29-22(35)16(27)11-14-12-28-17-6-2-1-5-15(14)17)23(36)30-19(8-9-21(33)34)24(37)31-20(13-32)25(38)39/h1-2,5-6,12,16,18-20,28,32H,3-4,7-11,13,26-27H2,(H,29,35)(H,30,36)(H,31,37)(H,33,34)(H,38,39). The maximum Gasteiger partial charge on any atom is 0.328 e. The number of hydrogen-bond acceptors (Lipinski definition) is 8. The van der Waals surface area contributed by atoms with Crippen molar-refractivity contribution >= 4 is 40.6 Å². The van der Waals surface area contributed by atoms with Crippen LogP contribution in [0.25, 0.3) is 10.9 Å². The fourth-order valence-electron chi connectivity index (χ4n) is 3.94. The van der Waals surface area contributed by atoms with E-state index in [4.69, 9.17) is 21.7 Å². The zero-order valence-electron chi connectivity index (χ0n) is 21.4. The molecule has 0 radical (unpaired) electrons. The number of H-pyrrole nitrogens is 1. The molecule has 11 N–H and O–H groups in total. The van der Waals surface area contributed by atoms with Crippen LogP contribution in [0.3, 0.4) is 0 Å². The highest BCUT2D eigenvalue weighted by Crippen LogP contribution is 2.19. The third-order valence-corrected chi connectivity index (χ3v) is 6.11. The first-order valence-electron chi connectivity index (χ1n) is 12.5. The van der Waals surface area contributed by atoms with Crippen LogP contribution < -0.4 is 27.4 Å². The van der Waals surface area contributed by atoms with Gasteiger partial charge in [0.05, 0.1) is 12.6 Å². The number of amides is 3. The maximum absolute atomic E-state index is 13.1. The van der Waals surface area contributed by atoms with Gasteiger partial charge < -0.3 is 47.7 Å². The Morgan fingerprint density at radius 1 is 0.872 bits per heavy atom. The SMILES string of the molecule is NCCCCC(NC(=O)C(N)Cc1c[nH]c2ccccc12)C(=O)NC(CCC(=O)O)C(=O)NC(CO)C(=O)O. The molecule has 14 heteroatoms. The summed E-state index contributed by atoms with van der Waals surface area (Å²) in [5.41, 5.74) is 13.4. The third-order valence-electron chi connectivity index (χ3n) is 6.11. The van der Waals surface area contributed by atoms with E-state index in [2.05, 4.69) is 20.9 Å². The molecular weight excluding hydrogens is 512 g/mol. The van der Waals surface area contributed by atoms with Crippen LogP contribution in [0.4, 0.5) is 0 Å². The number of aromatic amines is 1. The van der Waals surface area contributed by atoms with E-state index >= 15 is 0 Å². The Kier molecular flexibility index (Phi) is 12.3. The summed E-state index contributed by atoms with van der Waals surface area (Å²) in [6.45, 7) is -0.559. The van der Waals surface area contributed by atoms with E-state index in [1.54, 1.807) is 6.20 Å². The molecule has 0 aliphatic rings. The van der Waals surface area contributed by atoms with Crippen molar-refractivity contribution in [3.63, 3.8) is 0 Å². The number of benzene rings is 1. The molecule has 214 valence electrons. The van der Waals surface area contributed by atoms with Crippen molar-refractivity contribution in [2.24, 2.45) is 11.5 Å². The quantitative estimate of drug-likeness (QED) is 0.104. The van der Waals surface area contributed by atoms with Crippen LogP contribution in [0.5, 0.6) is 0 Å². The van der Waals surface area contributed by atoms with Crippen LogP contribution in [0.15, 0.2) is 30.5 Å². The fraction of sp³-hybridized carbons (Fsp3) is 0.480. The summed E-state index contributed by atoms with van der Waals surface area (Å²) in [5.74, 6) is -5.12. The van der Waals surface area contributed by atoms with E-state index in [1.165, 1.54) is 0 Å². The number of aliphatic carboxylic acids is 2. The first-order valence-corrected chi connectivity index (χ1v) is 12.5. The Balaban J connectivity index is 2.14. The number of unbranched alkanes of at least 4 members (excludes halogenated alkanes) is 1. The molecule has 0 aliphatic heterocycles. The first kappa shape index (κ1) is 31.2. The Hall–Kier alpha value is -4.01. The van der Waals surface area contributed by atoms with Crippen LogP contribution in [0, 0.1) is 0 Å². The number of para-hydroxylation sites is 1. The van der Waals surface area contributed by atoms with Crippen LogP contribution in [-0.4, -0.2) is 87.3 Å². The molecule has 1 aromatic carbocycles. The van der Waals surface area contributed by atoms with E-state index in [0.717, 1.165) is 16.5 Å². The topological polar surface area (TPSA) is 250 Å². The van der Waals surface area contributed by atoms with Gasteiger partial charge in [-0.15, -0.1) is 0 Å². The molecule has 1 aromatic heterocycles. The second kappa shape index (κ2) is 15.4. The average Bonchev–Trinajstić information content (AvgIpc) is 3.31. The van der Waals surface area contributed by atoms with Gasteiger partial charge in [0.2, 0.25) is 17.7 Å². The molecule has 0 saturated heterocycles. The van der Waals surface area contributed by atoms with Gasteiger partial charge in [0.15, 0.2) is 0 Å². The molecule has 3 amide bonds. The Labute approximate surface area is 224 Å². The van der Waals surface area contributed by atoms with Crippen molar-refractivity contribution in [2.75, 3.05) is 13.2 Å². The predicted molar refractivity (Wildman–Crippen MR) is 140 cm³/mol. The number of carbonyl (C=O) groups is 5. The summed E-state index contributed by atoms with van der Waals surface area (Å²) >= 11 is 0. The number of aromatic nitrogens is 1. The van der Waals surface area contributed by atoms with E-state index in [0.29, 0.717) is 19.4 Å². The highest BCUT2D eigenvalue weighted by Gasteiger charge is 2.30. The largest absolute Gasteiger partial charge is 0.481 e. The van der Waals surface area contributed by atoms with E-state index in [1.807, 2.05) is 24.3 Å². The molecule has 4 atom stereocenters. The number of rotatable bonds is 17. The summed E-state index contributed by atoms with van der Waals surface area (Å²) in [6, 6.07) is 2.31. The molecule has 0 saturated carbocycles.